The van der Waals surface area contributed by atoms with Gasteiger partial charge in [-0.05, 0) is 120 Å². The number of likely N-dealkylation sites (tertiary alicyclic amines) is 2. The number of carboxylic acids is 1. The molecule has 0 saturated carbocycles. The standard InChI is InChI=1S/C81H96N18O14/c1-45(82-9)69(100)88-67(80(3,4)5)76(106)96-33-31-63-65(96)73(104)84-59(39-49-19-25-51-15-11-13-17-53(51)35-49)71(102)86-61(75-92-93-79(110)113-75)37-47-21-27-57(28-22-47)111-43-55-41-99(95-90-55)64-32-34-97(77(107)68(81(6,7)8)89-70(101)46(2)83-10)66(64)74(105)85-60(40-50-20-26-52-16-12-14-18-54(52)36-50)72(103)87-62(78(108)109)38-48-23-29-58(30-24-48)112-44-56-42-98(63)94-91-56/h11-30,35-36,41-42,45-46,59-68,82-83H,31-34,37-40,43-44H2,1-10H3,(H,84,104)(H,85,105)(H,86,102)(H,87,103)(H,88,100)(H,89,101)(H,93,110)(H,108,109)/t45-,46-,59-,60-,61-,62-,63+,64+,65-,66-,67+,68+/m0/s1. The van der Waals surface area contributed by atoms with Crippen LogP contribution in [0.1, 0.15) is 126 Å². The Morgan fingerprint density at radius 3 is 1.37 bits per heavy atom. The molecule has 2 fully saturated rings. The van der Waals surface area contributed by atoms with E-state index in [-0.39, 0.29) is 70.7 Å². The Labute approximate surface area is 651 Å². The largest absolute Gasteiger partial charge is 0.487 e. The number of carbonyl (C=O) groups is 9. The van der Waals surface area contributed by atoms with Gasteiger partial charge >= 0.3 is 11.7 Å². The molecular formula is C81H96N18O14. The fraction of sp³-hybridized carbons (Fsp3) is 0.420. The monoisotopic (exact) mass is 1540 g/mol. The van der Waals surface area contributed by atoms with Crippen LogP contribution < -0.4 is 57.8 Å². The molecule has 0 aliphatic carbocycles. The van der Waals surface area contributed by atoms with Crippen LogP contribution in [0, 0.1) is 10.8 Å². The molecule has 6 aliphatic heterocycles. The van der Waals surface area contributed by atoms with E-state index >= 15 is 28.8 Å². The first-order valence-corrected chi connectivity index (χ1v) is 37.7. The van der Waals surface area contributed by atoms with Gasteiger partial charge in [-0.2, -0.15) is 0 Å². The number of hydrogen-bond donors (Lipinski definition) is 10. The van der Waals surface area contributed by atoms with Crippen molar-refractivity contribution in [3.05, 3.63) is 196 Å². The van der Waals surface area contributed by atoms with Crippen molar-refractivity contribution >= 4 is 74.8 Å². The molecule has 10 N–H and O–H groups in total. The van der Waals surface area contributed by atoms with Crippen LogP contribution in [-0.4, -0.2) is 190 Å². The molecule has 9 heterocycles. The number of carbonyl (C=O) groups excluding carboxylic acids is 8. The summed E-state index contributed by atoms with van der Waals surface area (Å²) >= 11 is 0. The average molecular weight is 1550 g/mol. The van der Waals surface area contributed by atoms with E-state index in [1.807, 2.05) is 84.9 Å². The van der Waals surface area contributed by atoms with Gasteiger partial charge in [-0.25, -0.2) is 24.1 Å². The van der Waals surface area contributed by atoms with Crippen molar-refractivity contribution in [2.75, 3.05) is 27.2 Å². The Hall–Kier alpha value is -12.2. The van der Waals surface area contributed by atoms with Crippen LogP contribution in [0.15, 0.2) is 155 Å². The van der Waals surface area contributed by atoms with Crippen LogP contribution in [0.5, 0.6) is 11.5 Å². The van der Waals surface area contributed by atoms with Crippen LogP contribution >= 0.6 is 0 Å². The second kappa shape index (κ2) is 34.6. The van der Waals surface area contributed by atoms with Crippen molar-refractivity contribution in [1.29, 1.82) is 0 Å². The molecular weight excluding hydrogens is 1450 g/mol. The number of nitrogens with one attached hydrogen (secondary N) is 9. The van der Waals surface area contributed by atoms with E-state index in [9.17, 15) is 24.3 Å². The van der Waals surface area contributed by atoms with Gasteiger partial charge in [0.2, 0.25) is 53.1 Å². The maximum absolute atomic E-state index is 15.7. The number of carboxylic acid groups (broad SMARTS) is 1. The van der Waals surface area contributed by atoms with Gasteiger partial charge < -0.3 is 71.3 Å². The van der Waals surface area contributed by atoms with Crippen LogP contribution in [0.2, 0.25) is 0 Å². The van der Waals surface area contributed by atoms with Gasteiger partial charge in [0.05, 0.1) is 36.6 Å². The molecule has 32 nitrogen and oxygen atoms in total. The fourth-order valence-electron chi connectivity index (χ4n) is 14.4. The Morgan fingerprint density at radius 1 is 0.540 bits per heavy atom. The second-order valence-electron chi connectivity index (χ2n) is 31.3. The number of nitrogens with zero attached hydrogens (tertiary/aromatic N) is 9. The number of amides is 8. The topological polar surface area (TPSA) is 415 Å². The molecule has 9 aromatic rings. The lowest BCUT2D eigenvalue weighted by atomic mass is 9.85. The van der Waals surface area contributed by atoms with E-state index < -0.39 is 142 Å². The molecule has 594 valence electrons. The molecule has 32 heteroatoms. The molecule has 2 saturated heterocycles. The SMILES string of the molecule is CN[C@@H](C)C(=O)N[C@H](C(=O)N1CC[C@@H]2[C@H]1C(=O)N[C@@H](Cc1ccc3ccccc3c1)C(=O)N[C@H](C(=O)O)Cc1ccc(cc1)OCc1cn(nn1)[C@@H]1CCN(C(=O)[C@@H](NC(=O)[C@H](C)NC)C(C)(C)C)[C@@H]1C(=O)N[C@@H](Cc1ccc3ccccc3c1)C(=O)N[C@H](c1n[nH]c(=O)o1)Cc1ccc(cc1)OCc1cn2nn1)C(C)(C)C. The minimum Gasteiger partial charge on any atom is -0.487 e. The summed E-state index contributed by atoms with van der Waals surface area (Å²) in [4.78, 5) is 148. The smallest absolute Gasteiger partial charge is 0.434 e. The second-order valence-corrected chi connectivity index (χ2v) is 31.3. The number of hydrogen-bond acceptors (Lipinski definition) is 20. The van der Waals surface area contributed by atoms with Gasteiger partial charge in [-0.3, -0.25) is 38.4 Å². The Bertz CT molecular complexity index is 5030. The van der Waals surface area contributed by atoms with Gasteiger partial charge in [0.25, 0.3) is 0 Å². The van der Waals surface area contributed by atoms with E-state index in [1.165, 1.54) is 19.2 Å². The van der Waals surface area contributed by atoms with Gasteiger partial charge in [0, 0.05) is 38.8 Å². The lowest BCUT2D eigenvalue weighted by Crippen LogP contribution is -2.61. The highest BCUT2D eigenvalue weighted by Crippen LogP contribution is 2.36. The number of rotatable bonds is 14. The molecule has 15 rings (SSSR count). The van der Waals surface area contributed by atoms with Crippen molar-refractivity contribution < 1.29 is 62.1 Å². The van der Waals surface area contributed by atoms with E-state index in [4.69, 9.17) is 13.9 Å². The van der Waals surface area contributed by atoms with Crippen molar-refractivity contribution in [1.82, 2.24) is 92.5 Å². The van der Waals surface area contributed by atoms with E-state index in [0.29, 0.717) is 45.1 Å². The van der Waals surface area contributed by atoms with Gasteiger partial charge in [0.15, 0.2) is 0 Å². The van der Waals surface area contributed by atoms with Crippen molar-refractivity contribution in [3.8, 4) is 11.5 Å². The lowest BCUT2D eigenvalue weighted by molar-refractivity contribution is -0.145. The first kappa shape index (κ1) is 80.3. The molecule has 3 aromatic heterocycles. The highest BCUT2D eigenvalue weighted by atomic mass is 16.5. The van der Waals surface area contributed by atoms with Crippen molar-refractivity contribution in [2.24, 2.45) is 10.8 Å². The number of aromatic nitrogens is 8. The normalized spacial score (nSPS) is 21.4. The zero-order valence-corrected chi connectivity index (χ0v) is 64.6. The number of benzene rings is 6. The molecule has 6 aromatic carbocycles. The van der Waals surface area contributed by atoms with Gasteiger partial charge in [-0.15, -0.1) is 15.3 Å². The number of H-pyrrole nitrogens is 1. The van der Waals surface area contributed by atoms with E-state index in [2.05, 4.69) is 73.4 Å². The van der Waals surface area contributed by atoms with Crippen LogP contribution in [0.25, 0.3) is 21.5 Å². The Morgan fingerprint density at radius 2 is 0.965 bits per heavy atom. The molecule has 0 unspecified atom stereocenters. The minimum atomic E-state index is -1.54. The summed E-state index contributed by atoms with van der Waals surface area (Å²) < 4.78 is 21.0. The van der Waals surface area contributed by atoms with E-state index in [1.54, 1.807) is 130 Å². The van der Waals surface area contributed by atoms with Gasteiger partial charge in [0.1, 0.15) is 84.4 Å². The summed E-state index contributed by atoms with van der Waals surface area (Å²) in [6.07, 6.45) is 3.06. The molecule has 0 spiro atoms. The summed E-state index contributed by atoms with van der Waals surface area (Å²) in [5.74, 6) is -6.86. The number of fused-ring (bicyclic) bond motifs is 2. The molecule has 8 bridgehead atoms. The minimum absolute atomic E-state index is 0.000455. The number of likely N-dealkylation sites (N-methyl/N-ethyl adjacent to an activating group) is 2. The number of ether oxygens (including phenoxy) is 2. The summed E-state index contributed by atoms with van der Waals surface area (Å²) in [6.45, 7) is 13.8. The highest BCUT2D eigenvalue weighted by molar-refractivity contribution is 5.98. The molecule has 8 amide bonds. The predicted octanol–water partition coefficient (Wildman–Crippen LogP) is 4.25. The summed E-state index contributed by atoms with van der Waals surface area (Å²) in [6, 6.07) is 26.0. The summed E-state index contributed by atoms with van der Waals surface area (Å²) in [5, 5.41) is 62.0. The third-order valence-corrected chi connectivity index (χ3v) is 21.0. The average Bonchev–Trinajstić information content (AvgIpc) is 1.46. The Balaban J connectivity index is 0.901. The third-order valence-electron chi connectivity index (χ3n) is 21.0. The predicted molar refractivity (Wildman–Crippen MR) is 414 cm³/mol. The molecule has 12 atom stereocenters. The van der Waals surface area contributed by atoms with Crippen molar-refractivity contribution in [3.63, 3.8) is 0 Å². The van der Waals surface area contributed by atoms with Crippen LogP contribution in [-0.2, 0) is 82.0 Å². The molecule has 0 radical (unpaired) electrons. The fourth-order valence-corrected chi connectivity index (χ4v) is 14.4. The summed E-state index contributed by atoms with van der Waals surface area (Å²) in [5.41, 5.74) is 1.22. The first-order valence-electron chi connectivity index (χ1n) is 37.7. The lowest BCUT2D eigenvalue weighted by Gasteiger charge is -2.37. The number of aliphatic carboxylic acids is 1. The number of aromatic amines is 1. The van der Waals surface area contributed by atoms with Crippen LogP contribution in [0.3, 0.4) is 0 Å². The zero-order valence-electron chi connectivity index (χ0n) is 64.6. The maximum atomic E-state index is 15.7. The Kier molecular flexibility index (Phi) is 24.6. The van der Waals surface area contributed by atoms with E-state index in [0.717, 1.165) is 21.5 Å². The third kappa shape index (κ3) is 19.2. The van der Waals surface area contributed by atoms with Crippen LogP contribution in [0.4, 0.5) is 0 Å². The maximum Gasteiger partial charge on any atom is 0.434 e. The van der Waals surface area contributed by atoms with Gasteiger partial charge in [-0.1, -0.05) is 161 Å². The highest BCUT2D eigenvalue weighted by Gasteiger charge is 2.51. The zero-order chi connectivity index (χ0) is 80.6. The molecule has 113 heavy (non-hydrogen) atoms. The quantitative estimate of drug-likeness (QED) is 0.0727. The first-order chi connectivity index (χ1) is 54.0. The summed E-state index contributed by atoms with van der Waals surface area (Å²) in [7, 11) is 3.23. The molecule has 6 aliphatic rings. The van der Waals surface area contributed by atoms with Crippen molar-refractivity contribution in [2.45, 2.75) is 180 Å².